The van der Waals surface area contributed by atoms with E-state index in [1.165, 1.54) is 5.56 Å². The molecule has 2 aromatic rings. The topological polar surface area (TPSA) is 36.4 Å². The predicted octanol–water partition coefficient (Wildman–Crippen LogP) is 3.49. The van der Waals surface area contributed by atoms with Gasteiger partial charge in [0.15, 0.2) is 0 Å². The molecule has 2 heterocycles. The molecule has 0 aliphatic carbocycles. The molecule has 1 amide bonds. The predicted molar refractivity (Wildman–Crippen MR) is 96.8 cm³/mol. The molecule has 0 atom stereocenters. The third-order valence-corrected chi connectivity index (χ3v) is 4.67. The van der Waals surface area contributed by atoms with Gasteiger partial charge in [0, 0.05) is 38.3 Å². The van der Waals surface area contributed by atoms with Crippen LogP contribution in [0.15, 0.2) is 54.9 Å². The van der Waals surface area contributed by atoms with Crippen molar-refractivity contribution in [1.29, 1.82) is 0 Å². The first-order valence-corrected chi connectivity index (χ1v) is 8.76. The molecule has 1 aromatic heterocycles. The molecule has 4 heteroatoms. The summed E-state index contributed by atoms with van der Waals surface area (Å²) in [6.45, 7) is 4.96. The highest BCUT2D eigenvalue weighted by molar-refractivity contribution is 5.93. The van der Waals surface area contributed by atoms with Crippen molar-refractivity contribution in [3.05, 3.63) is 60.4 Å². The second-order valence-corrected chi connectivity index (χ2v) is 6.32. The Balaban J connectivity index is 1.64. The Kier molecular flexibility index (Phi) is 5.59. The van der Waals surface area contributed by atoms with Gasteiger partial charge in [0.1, 0.15) is 0 Å². The first kappa shape index (κ1) is 16.7. The number of pyridine rings is 1. The summed E-state index contributed by atoms with van der Waals surface area (Å²) in [7, 11) is 0. The third kappa shape index (κ3) is 4.01. The molecule has 0 bridgehead atoms. The van der Waals surface area contributed by atoms with Gasteiger partial charge in [-0.2, -0.15) is 0 Å². The van der Waals surface area contributed by atoms with Crippen LogP contribution in [0.3, 0.4) is 0 Å². The molecule has 126 valence electrons. The molecule has 0 N–H and O–H groups in total. The minimum absolute atomic E-state index is 0.185. The van der Waals surface area contributed by atoms with Crippen molar-refractivity contribution in [2.75, 3.05) is 18.0 Å². The molecule has 0 spiro atoms. The minimum Gasteiger partial charge on any atom is -0.308 e. The number of aromatic nitrogens is 1. The molecule has 1 aliphatic rings. The second kappa shape index (κ2) is 8.06. The van der Waals surface area contributed by atoms with E-state index in [0.717, 1.165) is 38.2 Å². The average molecular weight is 323 g/mol. The molecule has 3 rings (SSSR count). The quantitative estimate of drug-likeness (QED) is 0.845. The number of carbonyl (C=O) groups excluding carboxylic acids is 1. The van der Waals surface area contributed by atoms with E-state index < -0.39 is 0 Å². The summed E-state index contributed by atoms with van der Waals surface area (Å²) in [4.78, 5) is 21.1. The van der Waals surface area contributed by atoms with Crippen molar-refractivity contribution in [2.45, 2.75) is 38.8 Å². The minimum atomic E-state index is 0.185. The highest BCUT2D eigenvalue weighted by atomic mass is 16.2. The average Bonchev–Trinajstić information content (AvgIpc) is 2.65. The third-order valence-electron chi connectivity index (χ3n) is 4.67. The molecule has 0 radical (unpaired) electrons. The Morgan fingerprint density at radius 2 is 1.92 bits per heavy atom. The fourth-order valence-corrected chi connectivity index (χ4v) is 3.40. The maximum Gasteiger partial charge on any atom is 0.227 e. The van der Waals surface area contributed by atoms with Gasteiger partial charge >= 0.3 is 0 Å². The zero-order valence-corrected chi connectivity index (χ0v) is 14.3. The summed E-state index contributed by atoms with van der Waals surface area (Å²) < 4.78 is 0. The van der Waals surface area contributed by atoms with Gasteiger partial charge < -0.3 is 4.90 Å². The molecule has 1 saturated heterocycles. The summed E-state index contributed by atoms with van der Waals surface area (Å²) >= 11 is 0. The van der Waals surface area contributed by atoms with Crippen LogP contribution in [0.4, 0.5) is 5.69 Å². The molecule has 1 fully saturated rings. The Labute approximate surface area is 144 Å². The van der Waals surface area contributed by atoms with Crippen LogP contribution < -0.4 is 4.90 Å². The standard InChI is InChI=1S/C20H25N3O/c1-2-20(24)23(19-9-6-12-21-15-19)18-10-13-22(14-11-18)16-17-7-4-3-5-8-17/h3-9,12,15,18H,2,10-11,13-14,16H2,1H3. The largest absolute Gasteiger partial charge is 0.308 e. The summed E-state index contributed by atoms with van der Waals surface area (Å²) in [6, 6.07) is 14.7. The number of benzene rings is 1. The number of nitrogens with zero attached hydrogens (tertiary/aromatic N) is 3. The summed E-state index contributed by atoms with van der Waals surface area (Å²) in [5, 5.41) is 0. The molecular formula is C20H25N3O. The molecule has 1 aromatic carbocycles. The summed E-state index contributed by atoms with van der Waals surface area (Å²) in [6.07, 6.45) is 6.09. The first-order chi connectivity index (χ1) is 11.8. The second-order valence-electron chi connectivity index (χ2n) is 6.32. The lowest BCUT2D eigenvalue weighted by Gasteiger charge is -2.38. The van der Waals surface area contributed by atoms with Crippen molar-refractivity contribution >= 4 is 11.6 Å². The molecule has 0 saturated carbocycles. The van der Waals surface area contributed by atoms with Crippen LogP contribution in [0.5, 0.6) is 0 Å². The Hall–Kier alpha value is -2.20. The highest BCUT2D eigenvalue weighted by Gasteiger charge is 2.28. The normalized spacial score (nSPS) is 16.0. The Bertz CT molecular complexity index is 636. The van der Waals surface area contributed by atoms with Crippen molar-refractivity contribution in [3.63, 3.8) is 0 Å². The SMILES string of the molecule is CCC(=O)N(c1cccnc1)C1CCN(Cc2ccccc2)CC1. The van der Waals surface area contributed by atoms with Crippen LogP contribution in [0.2, 0.25) is 0 Å². The lowest BCUT2D eigenvalue weighted by atomic mass is 10.0. The zero-order valence-electron chi connectivity index (χ0n) is 14.3. The van der Waals surface area contributed by atoms with Gasteiger partial charge in [-0.1, -0.05) is 37.3 Å². The van der Waals surface area contributed by atoms with Crippen LogP contribution in [0.25, 0.3) is 0 Å². The number of anilines is 1. The van der Waals surface area contributed by atoms with E-state index in [-0.39, 0.29) is 11.9 Å². The van der Waals surface area contributed by atoms with Crippen LogP contribution in [0, 0.1) is 0 Å². The summed E-state index contributed by atoms with van der Waals surface area (Å²) in [5.41, 5.74) is 2.27. The number of piperidine rings is 1. The van der Waals surface area contributed by atoms with Crippen molar-refractivity contribution in [3.8, 4) is 0 Å². The number of rotatable bonds is 5. The number of likely N-dealkylation sites (tertiary alicyclic amines) is 1. The fourth-order valence-electron chi connectivity index (χ4n) is 3.40. The van der Waals surface area contributed by atoms with Crippen LogP contribution in [0.1, 0.15) is 31.7 Å². The Morgan fingerprint density at radius 3 is 2.54 bits per heavy atom. The van der Waals surface area contributed by atoms with Gasteiger partial charge in [-0.25, -0.2) is 0 Å². The van der Waals surface area contributed by atoms with Gasteiger partial charge in [-0.15, -0.1) is 0 Å². The van der Waals surface area contributed by atoms with Gasteiger partial charge in [0.2, 0.25) is 5.91 Å². The van der Waals surface area contributed by atoms with Gasteiger partial charge in [-0.3, -0.25) is 14.7 Å². The van der Waals surface area contributed by atoms with E-state index in [9.17, 15) is 4.79 Å². The van der Waals surface area contributed by atoms with E-state index >= 15 is 0 Å². The molecular weight excluding hydrogens is 298 g/mol. The Morgan fingerprint density at radius 1 is 1.17 bits per heavy atom. The van der Waals surface area contributed by atoms with Gasteiger partial charge in [0.25, 0.3) is 0 Å². The molecule has 24 heavy (non-hydrogen) atoms. The van der Waals surface area contributed by atoms with E-state index in [4.69, 9.17) is 0 Å². The van der Waals surface area contributed by atoms with E-state index in [0.29, 0.717) is 6.42 Å². The first-order valence-electron chi connectivity index (χ1n) is 8.76. The summed E-state index contributed by atoms with van der Waals surface area (Å²) in [5.74, 6) is 0.185. The van der Waals surface area contributed by atoms with Crippen molar-refractivity contribution in [1.82, 2.24) is 9.88 Å². The smallest absolute Gasteiger partial charge is 0.227 e. The van der Waals surface area contributed by atoms with Gasteiger partial charge in [0.05, 0.1) is 11.9 Å². The fraction of sp³-hybridized carbons (Fsp3) is 0.400. The molecule has 4 nitrogen and oxygen atoms in total. The van der Waals surface area contributed by atoms with Crippen molar-refractivity contribution < 1.29 is 4.79 Å². The lowest BCUT2D eigenvalue weighted by Crippen LogP contribution is -2.47. The lowest BCUT2D eigenvalue weighted by molar-refractivity contribution is -0.119. The van der Waals surface area contributed by atoms with E-state index in [1.54, 1.807) is 12.4 Å². The number of hydrogen-bond donors (Lipinski definition) is 0. The van der Waals surface area contributed by atoms with Crippen molar-refractivity contribution in [2.24, 2.45) is 0 Å². The zero-order chi connectivity index (χ0) is 16.8. The number of hydrogen-bond acceptors (Lipinski definition) is 3. The maximum atomic E-state index is 12.5. The number of amides is 1. The van der Waals surface area contributed by atoms with E-state index in [2.05, 4.69) is 40.2 Å². The number of carbonyl (C=O) groups is 1. The van der Waals surface area contributed by atoms with E-state index in [1.807, 2.05) is 24.0 Å². The molecule has 0 unspecified atom stereocenters. The molecule has 1 aliphatic heterocycles. The van der Waals surface area contributed by atoms with Crippen LogP contribution in [-0.4, -0.2) is 34.9 Å². The van der Waals surface area contributed by atoms with Crippen LogP contribution in [-0.2, 0) is 11.3 Å². The highest BCUT2D eigenvalue weighted by Crippen LogP contribution is 2.24. The monoisotopic (exact) mass is 323 g/mol. The maximum absolute atomic E-state index is 12.5. The van der Waals surface area contributed by atoms with Crippen LogP contribution >= 0.6 is 0 Å². The van der Waals surface area contributed by atoms with Gasteiger partial charge in [-0.05, 0) is 30.5 Å².